The topological polar surface area (TPSA) is 89.3 Å². The van der Waals surface area contributed by atoms with Gasteiger partial charge in [-0.15, -0.1) is 0 Å². The van der Waals surface area contributed by atoms with E-state index in [-0.39, 0.29) is 12.0 Å². The van der Waals surface area contributed by atoms with Crippen molar-refractivity contribution in [2.45, 2.75) is 18.9 Å². The van der Waals surface area contributed by atoms with E-state index in [0.717, 1.165) is 47.3 Å². The van der Waals surface area contributed by atoms with Crippen molar-refractivity contribution in [2.24, 2.45) is 0 Å². The van der Waals surface area contributed by atoms with Crippen LogP contribution in [0.15, 0.2) is 65.3 Å². The number of nitrogens with zero attached hydrogens (tertiary/aromatic N) is 2. The Morgan fingerprint density at radius 3 is 2.59 bits per heavy atom. The number of amides is 1. The van der Waals surface area contributed by atoms with Gasteiger partial charge in [0.1, 0.15) is 17.9 Å². The molecule has 4 aromatic rings. The molecule has 0 radical (unpaired) electrons. The molecule has 1 aliphatic rings. The van der Waals surface area contributed by atoms with Crippen molar-refractivity contribution in [1.29, 1.82) is 0 Å². The van der Waals surface area contributed by atoms with E-state index >= 15 is 0 Å². The maximum atomic E-state index is 11.9. The van der Waals surface area contributed by atoms with Gasteiger partial charge in [0.2, 0.25) is 5.71 Å². The summed E-state index contributed by atoms with van der Waals surface area (Å²) in [5.74, 6) is 1.28. The summed E-state index contributed by atoms with van der Waals surface area (Å²) < 4.78 is 12.0. The third-order valence-corrected chi connectivity index (χ3v) is 5.71. The maximum absolute atomic E-state index is 11.9. The minimum Gasteiger partial charge on any atom is -0.437 e. The number of rotatable bonds is 6. The van der Waals surface area contributed by atoms with Gasteiger partial charge in [-0.1, -0.05) is 42.5 Å². The molecule has 0 unspecified atom stereocenters. The number of anilines is 1. The molecule has 0 spiro atoms. The fraction of sp³-hybridized carbons (Fsp3) is 0.240. The second-order valence-corrected chi connectivity index (χ2v) is 7.75. The Morgan fingerprint density at radius 1 is 1.06 bits per heavy atom. The van der Waals surface area contributed by atoms with Gasteiger partial charge in [-0.2, -0.15) is 0 Å². The molecule has 5 rings (SSSR count). The lowest BCUT2D eigenvalue weighted by Crippen LogP contribution is -2.19. The maximum Gasteiger partial charge on any atom is 0.251 e. The van der Waals surface area contributed by atoms with Crippen LogP contribution in [0.25, 0.3) is 33.6 Å². The fourth-order valence-electron chi connectivity index (χ4n) is 4.08. The number of carbonyl (C=O) groups is 1. The molecule has 3 heterocycles. The Labute approximate surface area is 185 Å². The zero-order valence-electron chi connectivity index (χ0n) is 17.8. The molecule has 1 atom stereocenters. The van der Waals surface area contributed by atoms with Crippen LogP contribution in [0.2, 0.25) is 0 Å². The molecule has 0 aliphatic carbocycles. The molecule has 2 aromatic heterocycles. The third-order valence-electron chi connectivity index (χ3n) is 5.71. The SMILES string of the molecule is CNC(=O)c1ccc(-c2oc3ncnc(NC[C@@H]4CCCO4)c3c2-c2ccccc2)cc1. The van der Waals surface area contributed by atoms with Crippen molar-refractivity contribution in [2.75, 3.05) is 25.5 Å². The summed E-state index contributed by atoms with van der Waals surface area (Å²) in [6.07, 6.45) is 3.82. The summed E-state index contributed by atoms with van der Waals surface area (Å²) in [5.41, 5.74) is 3.89. The first-order chi connectivity index (χ1) is 15.7. The summed E-state index contributed by atoms with van der Waals surface area (Å²) >= 11 is 0. The standard InChI is InChI=1S/C25H24N4O3/c1-26-24(30)18-11-9-17(10-12-18)22-20(16-6-3-2-4-7-16)21-23(28-15-29-25(21)32-22)27-14-19-8-5-13-31-19/h2-4,6-7,9-12,15,19H,5,8,13-14H2,1H3,(H,26,30)(H,27,28,29)/t19-/m0/s1. The van der Waals surface area contributed by atoms with Crippen LogP contribution in [0, 0.1) is 0 Å². The number of ether oxygens (including phenoxy) is 1. The Kier molecular flexibility index (Phi) is 5.56. The van der Waals surface area contributed by atoms with E-state index in [9.17, 15) is 4.79 Å². The molecule has 1 amide bonds. The smallest absolute Gasteiger partial charge is 0.251 e. The normalized spacial score (nSPS) is 15.7. The zero-order valence-corrected chi connectivity index (χ0v) is 17.8. The van der Waals surface area contributed by atoms with Gasteiger partial charge in [-0.25, -0.2) is 9.97 Å². The molecule has 0 saturated carbocycles. The average Bonchev–Trinajstić information content (AvgIpc) is 3.51. The van der Waals surface area contributed by atoms with E-state index < -0.39 is 0 Å². The first kappa shape index (κ1) is 20.2. The third kappa shape index (κ3) is 3.83. The van der Waals surface area contributed by atoms with Crippen LogP contribution in [0.4, 0.5) is 5.82 Å². The second-order valence-electron chi connectivity index (χ2n) is 7.75. The van der Waals surface area contributed by atoms with Gasteiger partial charge in [0.25, 0.3) is 5.91 Å². The lowest BCUT2D eigenvalue weighted by Gasteiger charge is -2.12. The number of carbonyl (C=O) groups excluding carboxylic acids is 1. The van der Waals surface area contributed by atoms with Crippen LogP contribution < -0.4 is 10.6 Å². The van der Waals surface area contributed by atoms with E-state index in [1.54, 1.807) is 19.2 Å². The van der Waals surface area contributed by atoms with Crippen LogP contribution >= 0.6 is 0 Å². The molecule has 162 valence electrons. The monoisotopic (exact) mass is 428 g/mol. The number of fused-ring (bicyclic) bond motifs is 1. The molecule has 32 heavy (non-hydrogen) atoms. The lowest BCUT2D eigenvalue weighted by atomic mass is 9.98. The van der Waals surface area contributed by atoms with Crippen molar-refractivity contribution in [1.82, 2.24) is 15.3 Å². The first-order valence-corrected chi connectivity index (χ1v) is 10.8. The Balaban J connectivity index is 1.62. The number of hydrogen-bond donors (Lipinski definition) is 2. The van der Waals surface area contributed by atoms with Crippen molar-refractivity contribution in [3.8, 4) is 22.5 Å². The number of furan rings is 1. The van der Waals surface area contributed by atoms with Crippen LogP contribution in [0.1, 0.15) is 23.2 Å². The van der Waals surface area contributed by atoms with Crippen molar-refractivity contribution in [3.63, 3.8) is 0 Å². The van der Waals surface area contributed by atoms with E-state index in [1.165, 1.54) is 6.33 Å². The van der Waals surface area contributed by atoms with Crippen LogP contribution in [-0.2, 0) is 4.74 Å². The highest BCUT2D eigenvalue weighted by Gasteiger charge is 2.23. The summed E-state index contributed by atoms with van der Waals surface area (Å²) in [6, 6.07) is 17.4. The van der Waals surface area contributed by atoms with Crippen LogP contribution in [-0.4, -0.2) is 42.2 Å². The van der Waals surface area contributed by atoms with Crippen LogP contribution in [0.3, 0.4) is 0 Å². The Hall–Kier alpha value is -3.71. The van der Waals surface area contributed by atoms with Gasteiger partial charge in [0, 0.05) is 36.9 Å². The number of aromatic nitrogens is 2. The van der Waals surface area contributed by atoms with Gasteiger partial charge < -0.3 is 19.8 Å². The zero-order chi connectivity index (χ0) is 21.9. The van der Waals surface area contributed by atoms with E-state index in [4.69, 9.17) is 9.15 Å². The minimum absolute atomic E-state index is 0.129. The van der Waals surface area contributed by atoms with Gasteiger partial charge in [0.15, 0.2) is 0 Å². The minimum atomic E-state index is -0.129. The lowest BCUT2D eigenvalue weighted by molar-refractivity contribution is 0.0963. The first-order valence-electron chi connectivity index (χ1n) is 10.8. The predicted octanol–water partition coefficient (Wildman–Crippen LogP) is 4.51. The quantitative estimate of drug-likeness (QED) is 0.470. The van der Waals surface area contributed by atoms with Gasteiger partial charge in [-0.3, -0.25) is 4.79 Å². The van der Waals surface area contributed by atoms with Gasteiger partial charge in [-0.05, 0) is 30.5 Å². The highest BCUT2D eigenvalue weighted by atomic mass is 16.5. The second kappa shape index (κ2) is 8.80. The van der Waals surface area contributed by atoms with Crippen LogP contribution in [0.5, 0.6) is 0 Å². The highest BCUT2D eigenvalue weighted by Crippen LogP contribution is 2.42. The Bertz CT molecular complexity index is 1230. The van der Waals surface area contributed by atoms with E-state index in [0.29, 0.717) is 23.6 Å². The summed E-state index contributed by atoms with van der Waals surface area (Å²) in [5, 5.41) is 6.93. The number of benzene rings is 2. The number of nitrogens with one attached hydrogen (secondary N) is 2. The molecule has 2 N–H and O–H groups in total. The van der Waals surface area contributed by atoms with E-state index in [2.05, 4.69) is 20.6 Å². The molecule has 1 aliphatic heterocycles. The van der Waals surface area contributed by atoms with Crippen molar-refractivity contribution >= 4 is 22.8 Å². The van der Waals surface area contributed by atoms with Gasteiger partial charge >= 0.3 is 0 Å². The molecule has 1 fully saturated rings. The molecule has 0 bridgehead atoms. The van der Waals surface area contributed by atoms with Crippen molar-refractivity contribution < 1.29 is 13.9 Å². The molecule has 1 saturated heterocycles. The predicted molar refractivity (Wildman–Crippen MR) is 124 cm³/mol. The fourth-order valence-corrected chi connectivity index (χ4v) is 4.08. The van der Waals surface area contributed by atoms with Gasteiger partial charge in [0.05, 0.1) is 11.5 Å². The van der Waals surface area contributed by atoms with E-state index in [1.807, 2.05) is 42.5 Å². The molecular weight excluding hydrogens is 404 g/mol. The largest absolute Gasteiger partial charge is 0.437 e. The average molecular weight is 428 g/mol. The van der Waals surface area contributed by atoms with Crippen molar-refractivity contribution in [3.05, 3.63) is 66.5 Å². The molecule has 7 heteroatoms. The highest BCUT2D eigenvalue weighted by molar-refractivity contribution is 6.06. The summed E-state index contributed by atoms with van der Waals surface area (Å²) in [4.78, 5) is 20.9. The Morgan fingerprint density at radius 2 is 1.88 bits per heavy atom. The molecule has 2 aromatic carbocycles. The molecule has 7 nitrogen and oxygen atoms in total. The summed E-state index contributed by atoms with van der Waals surface area (Å²) in [6.45, 7) is 1.49. The summed E-state index contributed by atoms with van der Waals surface area (Å²) in [7, 11) is 1.62. The number of hydrogen-bond acceptors (Lipinski definition) is 6. The molecular formula is C25H24N4O3.